The molecule has 2 N–H and O–H groups in total. The number of ether oxygens (including phenoxy) is 1. The monoisotopic (exact) mass is 242 g/mol. The lowest BCUT2D eigenvalue weighted by atomic mass is 10.2. The van der Waals surface area contributed by atoms with Gasteiger partial charge in [-0.2, -0.15) is 0 Å². The fourth-order valence-corrected chi connectivity index (χ4v) is 1.86. The van der Waals surface area contributed by atoms with Crippen molar-refractivity contribution in [2.45, 2.75) is 6.54 Å². The van der Waals surface area contributed by atoms with Gasteiger partial charge in [0.25, 0.3) is 0 Å². The summed E-state index contributed by atoms with van der Waals surface area (Å²) >= 11 is 0. The van der Waals surface area contributed by atoms with E-state index in [0.29, 0.717) is 0 Å². The maximum absolute atomic E-state index is 5.68. The Labute approximate surface area is 108 Å². The Balaban J connectivity index is 2.10. The Morgan fingerprint density at radius 2 is 1.83 bits per heavy atom. The minimum Gasteiger partial charge on any atom is -0.497 e. The van der Waals surface area contributed by atoms with Crippen molar-refractivity contribution >= 4 is 11.4 Å². The molecule has 3 nitrogen and oxygen atoms in total. The van der Waals surface area contributed by atoms with Crippen LogP contribution in [-0.4, -0.2) is 14.2 Å². The molecule has 0 saturated heterocycles. The summed E-state index contributed by atoms with van der Waals surface area (Å²) in [4.78, 5) is 2.17. The molecule has 0 unspecified atom stereocenters. The Kier molecular flexibility index (Phi) is 3.72. The molecule has 0 aliphatic rings. The Bertz CT molecular complexity index is 508. The Morgan fingerprint density at radius 1 is 1.11 bits per heavy atom. The van der Waals surface area contributed by atoms with Gasteiger partial charge in [-0.05, 0) is 42.0 Å². The van der Waals surface area contributed by atoms with E-state index in [9.17, 15) is 0 Å². The van der Waals surface area contributed by atoms with Crippen LogP contribution in [-0.2, 0) is 6.54 Å². The van der Waals surface area contributed by atoms with Gasteiger partial charge in [0.1, 0.15) is 5.75 Å². The molecule has 0 radical (unpaired) electrons. The molecule has 0 amide bonds. The van der Waals surface area contributed by atoms with Gasteiger partial charge in [0.05, 0.1) is 7.11 Å². The van der Waals surface area contributed by atoms with Crippen LogP contribution in [0.1, 0.15) is 5.56 Å². The third-order valence-corrected chi connectivity index (χ3v) is 2.89. The smallest absolute Gasteiger partial charge is 0.119 e. The maximum Gasteiger partial charge on any atom is 0.119 e. The molecule has 0 atom stereocenters. The lowest BCUT2D eigenvalue weighted by Gasteiger charge is -2.19. The summed E-state index contributed by atoms with van der Waals surface area (Å²) in [5.74, 6) is 0.887. The van der Waals surface area contributed by atoms with Gasteiger partial charge < -0.3 is 15.4 Å². The third kappa shape index (κ3) is 2.94. The van der Waals surface area contributed by atoms with E-state index in [1.54, 1.807) is 7.11 Å². The summed E-state index contributed by atoms with van der Waals surface area (Å²) in [5.41, 5.74) is 8.83. The first-order valence-electron chi connectivity index (χ1n) is 5.88. The van der Waals surface area contributed by atoms with Gasteiger partial charge in [-0.25, -0.2) is 0 Å². The molecule has 18 heavy (non-hydrogen) atoms. The van der Waals surface area contributed by atoms with Gasteiger partial charge in [0.2, 0.25) is 0 Å². The van der Waals surface area contributed by atoms with E-state index in [-0.39, 0.29) is 0 Å². The second kappa shape index (κ2) is 5.45. The van der Waals surface area contributed by atoms with Crippen LogP contribution in [0.15, 0.2) is 48.5 Å². The highest BCUT2D eigenvalue weighted by Crippen LogP contribution is 2.19. The molecule has 94 valence electrons. The average Bonchev–Trinajstić information content (AvgIpc) is 2.39. The van der Waals surface area contributed by atoms with Gasteiger partial charge in [-0.1, -0.05) is 12.1 Å². The lowest BCUT2D eigenvalue weighted by Crippen LogP contribution is -2.16. The van der Waals surface area contributed by atoms with Gasteiger partial charge in [-0.3, -0.25) is 0 Å². The number of benzene rings is 2. The third-order valence-electron chi connectivity index (χ3n) is 2.89. The zero-order valence-electron chi connectivity index (χ0n) is 10.8. The van der Waals surface area contributed by atoms with E-state index in [1.165, 1.54) is 5.56 Å². The molecule has 2 rings (SSSR count). The van der Waals surface area contributed by atoms with Crippen molar-refractivity contribution in [1.82, 2.24) is 0 Å². The van der Waals surface area contributed by atoms with Gasteiger partial charge in [0, 0.05) is 25.0 Å². The molecule has 0 fully saturated rings. The van der Waals surface area contributed by atoms with E-state index < -0.39 is 0 Å². The fraction of sp³-hybridized carbons (Fsp3) is 0.200. The summed E-state index contributed by atoms with van der Waals surface area (Å²) in [6, 6.07) is 16.0. The van der Waals surface area contributed by atoms with Crippen LogP contribution in [0.5, 0.6) is 5.75 Å². The van der Waals surface area contributed by atoms with E-state index in [2.05, 4.69) is 18.0 Å². The lowest BCUT2D eigenvalue weighted by molar-refractivity contribution is 0.414. The number of nitrogens with two attached hydrogens (primary N) is 1. The molecule has 0 heterocycles. The van der Waals surface area contributed by atoms with Crippen molar-refractivity contribution in [3.8, 4) is 5.75 Å². The zero-order valence-corrected chi connectivity index (χ0v) is 10.8. The zero-order chi connectivity index (χ0) is 13.0. The normalized spacial score (nSPS) is 10.1. The number of nitrogen functional groups attached to an aromatic ring is 1. The van der Waals surface area contributed by atoms with E-state index in [4.69, 9.17) is 10.5 Å². The molecule has 0 bridgehead atoms. The van der Waals surface area contributed by atoms with E-state index >= 15 is 0 Å². The van der Waals surface area contributed by atoms with Gasteiger partial charge in [0.15, 0.2) is 0 Å². The van der Waals surface area contributed by atoms with Crippen molar-refractivity contribution in [1.29, 1.82) is 0 Å². The van der Waals surface area contributed by atoms with Crippen LogP contribution < -0.4 is 15.4 Å². The summed E-state index contributed by atoms with van der Waals surface area (Å²) < 4.78 is 5.22. The van der Waals surface area contributed by atoms with Crippen molar-refractivity contribution in [2.75, 3.05) is 24.8 Å². The van der Waals surface area contributed by atoms with Crippen LogP contribution in [0.2, 0.25) is 0 Å². The molecular formula is C15H18N2O. The largest absolute Gasteiger partial charge is 0.497 e. The number of anilines is 2. The van der Waals surface area contributed by atoms with Crippen LogP contribution in [0.25, 0.3) is 0 Å². The standard InChI is InChI=1S/C15H18N2O/c1-17(14-8-6-13(16)7-9-14)11-12-4-3-5-15(10-12)18-2/h3-10H,11,16H2,1-2H3. The van der Waals surface area contributed by atoms with Crippen molar-refractivity contribution in [3.63, 3.8) is 0 Å². The second-order valence-corrected chi connectivity index (χ2v) is 4.30. The number of rotatable bonds is 4. The fourth-order valence-electron chi connectivity index (χ4n) is 1.86. The summed E-state index contributed by atoms with van der Waals surface area (Å²) in [5, 5.41) is 0. The number of hydrogen-bond acceptors (Lipinski definition) is 3. The molecule has 2 aromatic rings. The topological polar surface area (TPSA) is 38.5 Å². The number of hydrogen-bond donors (Lipinski definition) is 1. The molecule has 0 saturated carbocycles. The van der Waals surface area contributed by atoms with Crippen LogP contribution >= 0.6 is 0 Å². The van der Waals surface area contributed by atoms with Crippen LogP contribution in [0.4, 0.5) is 11.4 Å². The SMILES string of the molecule is COc1cccc(CN(C)c2ccc(N)cc2)c1. The summed E-state index contributed by atoms with van der Waals surface area (Å²) in [6.45, 7) is 0.834. The Morgan fingerprint density at radius 3 is 2.50 bits per heavy atom. The quantitative estimate of drug-likeness (QED) is 0.838. The van der Waals surface area contributed by atoms with Crippen LogP contribution in [0, 0.1) is 0 Å². The second-order valence-electron chi connectivity index (χ2n) is 4.30. The Hall–Kier alpha value is -2.16. The first-order valence-corrected chi connectivity index (χ1v) is 5.88. The van der Waals surface area contributed by atoms with Crippen LogP contribution in [0.3, 0.4) is 0 Å². The molecule has 3 heteroatoms. The first kappa shape index (κ1) is 12.3. The van der Waals surface area contributed by atoms with Crippen molar-refractivity contribution in [2.24, 2.45) is 0 Å². The van der Waals surface area contributed by atoms with Crippen molar-refractivity contribution in [3.05, 3.63) is 54.1 Å². The molecular weight excluding hydrogens is 224 g/mol. The van der Waals surface area contributed by atoms with Gasteiger partial charge in [-0.15, -0.1) is 0 Å². The minimum atomic E-state index is 0.786. The van der Waals surface area contributed by atoms with E-state index in [0.717, 1.165) is 23.7 Å². The molecule has 0 aliphatic heterocycles. The molecule has 2 aromatic carbocycles. The number of methoxy groups -OCH3 is 1. The highest BCUT2D eigenvalue weighted by atomic mass is 16.5. The highest BCUT2D eigenvalue weighted by molar-refractivity contribution is 5.53. The average molecular weight is 242 g/mol. The molecule has 0 aromatic heterocycles. The first-order chi connectivity index (χ1) is 8.69. The maximum atomic E-state index is 5.68. The number of nitrogens with zero attached hydrogens (tertiary/aromatic N) is 1. The predicted molar refractivity (Wildman–Crippen MR) is 76.0 cm³/mol. The van der Waals surface area contributed by atoms with Gasteiger partial charge >= 0.3 is 0 Å². The highest BCUT2D eigenvalue weighted by Gasteiger charge is 2.02. The van der Waals surface area contributed by atoms with E-state index in [1.807, 2.05) is 42.5 Å². The predicted octanol–water partition coefficient (Wildman–Crippen LogP) is 2.91. The van der Waals surface area contributed by atoms with Crippen molar-refractivity contribution < 1.29 is 4.74 Å². The summed E-state index contributed by atoms with van der Waals surface area (Å²) in [6.07, 6.45) is 0. The molecule has 0 aliphatic carbocycles. The molecule has 0 spiro atoms. The summed E-state index contributed by atoms with van der Waals surface area (Å²) in [7, 11) is 3.74. The minimum absolute atomic E-state index is 0.786.